The highest BCUT2D eigenvalue weighted by molar-refractivity contribution is 7.88. The number of nitrogens with zero attached hydrogens (tertiary/aromatic N) is 1. The molecule has 1 rings (SSSR count). The quantitative estimate of drug-likeness (QED) is 0.711. The summed E-state index contributed by atoms with van der Waals surface area (Å²) in [5.41, 5.74) is 5.75. The van der Waals surface area contributed by atoms with Gasteiger partial charge in [0.15, 0.2) is 0 Å². The van der Waals surface area contributed by atoms with E-state index in [1.165, 1.54) is 10.6 Å². The normalized spacial score (nSPS) is 23.6. The van der Waals surface area contributed by atoms with Gasteiger partial charge >= 0.3 is 5.97 Å². The molecule has 0 saturated carbocycles. The van der Waals surface area contributed by atoms with Crippen molar-refractivity contribution in [2.24, 2.45) is 11.7 Å². The van der Waals surface area contributed by atoms with Crippen molar-refractivity contribution in [3.63, 3.8) is 0 Å². The number of hydrogen-bond donors (Lipinski definition) is 1. The Morgan fingerprint density at radius 1 is 1.56 bits per heavy atom. The summed E-state index contributed by atoms with van der Waals surface area (Å²) in [5, 5.41) is 0. The molecule has 0 spiro atoms. The number of carbonyl (C=O) groups excluding carboxylic acids is 1. The molecule has 1 fully saturated rings. The van der Waals surface area contributed by atoms with Crippen molar-refractivity contribution in [3.05, 3.63) is 0 Å². The van der Waals surface area contributed by atoms with Gasteiger partial charge in [-0.05, 0) is 32.1 Å². The maximum Gasteiger partial charge on any atom is 0.322 e. The van der Waals surface area contributed by atoms with Crippen LogP contribution in [-0.4, -0.2) is 50.7 Å². The summed E-state index contributed by atoms with van der Waals surface area (Å²) in [5.74, 6) is -0.276. The fraction of sp³-hybridized carbons (Fsp3) is 0.909. The monoisotopic (exact) mass is 278 g/mol. The molecule has 0 radical (unpaired) electrons. The maximum absolute atomic E-state index is 11.5. The molecule has 1 aliphatic rings. The van der Waals surface area contributed by atoms with Crippen LogP contribution < -0.4 is 5.73 Å². The molecule has 0 aromatic carbocycles. The second-order valence-corrected chi connectivity index (χ2v) is 6.71. The highest BCUT2D eigenvalue weighted by Crippen LogP contribution is 2.22. The van der Waals surface area contributed by atoms with E-state index in [1.54, 1.807) is 6.92 Å². The maximum atomic E-state index is 11.5. The van der Waals surface area contributed by atoms with Crippen molar-refractivity contribution in [3.8, 4) is 0 Å². The lowest BCUT2D eigenvalue weighted by Gasteiger charge is -2.31. The van der Waals surface area contributed by atoms with Crippen LogP contribution in [0.4, 0.5) is 0 Å². The Kier molecular flexibility index (Phi) is 5.55. The second kappa shape index (κ2) is 6.49. The number of esters is 1. The highest BCUT2D eigenvalue weighted by atomic mass is 32.2. The van der Waals surface area contributed by atoms with Gasteiger partial charge in [-0.1, -0.05) is 0 Å². The number of carbonyl (C=O) groups is 1. The first kappa shape index (κ1) is 15.4. The van der Waals surface area contributed by atoms with Gasteiger partial charge in [-0.3, -0.25) is 4.79 Å². The van der Waals surface area contributed by atoms with E-state index in [4.69, 9.17) is 10.5 Å². The summed E-state index contributed by atoms with van der Waals surface area (Å²) in [6, 6.07) is -0.658. The molecule has 106 valence electrons. The molecule has 1 saturated heterocycles. The smallest absolute Gasteiger partial charge is 0.322 e. The minimum absolute atomic E-state index is 0.132. The van der Waals surface area contributed by atoms with Crippen LogP contribution in [0, 0.1) is 5.92 Å². The van der Waals surface area contributed by atoms with E-state index in [1.807, 2.05) is 0 Å². The van der Waals surface area contributed by atoms with Gasteiger partial charge < -0.3 is 10.5 Å². The molecule has 2 unspecified atom stereocenters. The largest absolute Gasteiger partial charge is 0.465 e. The first-order chi connectivity index (χ1) is 8.34. The molecule has 0 aromatic heterocycles. The summed E-state index contributed by atoms with van der Waals surface area (Å²) >= 11 is 0. The zero-order chi connectivity index (χ0) is 13.8. The van der Waals surface area contributed by atoms with E-state index in [0.29, 0.717) is 26.1 Å². The average Bonchev–Trinajstić information content (AvgIpc) is 2.28. The number of piperidine rings is 1. The average molecular weight is 278 g/mol. The van der Waals surface area contributed by atoms with E-state index in [9.17, 15) is 13.2 Å². The Morgan fingerprint density at radius 2 is 2.22 bits per heavy atom. The van der Waals surface area contributed by atoms with E-state index >= 15 is 0 Å². The summed E-state index contributed by atoms with van der Waals surface area (Å²) in [4.78, 5) is 11.4. The summed E-state index contributed by atoms with van der Waals surface area (Å²) in [6.07, 6.45) is 3.40. The molecule has 0 bridgehead atoms. The molecule has 2 atom stereocenters. The van der Waals surface area contributed by atoms with Crippen molar-refractivity contribution in [1.29, 1.82) is 0 Å². The van der Waals surface area contributed by atoms with Crippen molar-refractivity contribution >= 4 is 16.0 Å². The van der Waals surface area contributed by atoms with Crippen molar-refractivity contribution in [2.45, 2.75) is 32.2 Å². The van der Waals surface area contributed by atoms with Crippen molar-refractivity contribution in [2.75, 3.05) is 26.0 Å². The third-order valence-electron chi connectivity index (χ3n) is 3.13. The molecule has 18 heavy (non-hydrogen) atoms. The van der Waals surface area contributed by atoms with Crippen molar-refractivity contribution < 1.29 is 17.9 Å². The molecule has 0 aromatic rings. The predicted octanol–water partition coefficient (Wildman–Crippen LogP) is -0.0615. The molecule has 0 amide bonds. The Bertz CT molecular complexity index is 383. The topological polar surface area (TPSA) is 89.7 Å². The van der Waals surface area contributed by atoms with Gasteiger partial charge in [-0.2, -0.15) is 0 Å². The molecule has 1 heterocycles. The van der Waals surface area contributed by atoms with Gasteiger partial charge in [-0.25, -0.2) is 12.7 Å². The van der Waals surface area contributed by atoms with Gasteiger partial charge in [-0.15, -0.1) is 0 Å². The first-order valence-corrected chi connectivity index (χ1v) is 8.06. The lowest BCUT2D eigenvalue weighted by molar-refractivity contribution is -0.145. The fourth-order valence-corrected chi connectivity index (χ4v) is 3.17. The Labute approximate surface area is 109 Å². The van der Waals surface area contributed by atoms with Gasteiger partial charge in [0.1, 0.15) is 6.04 Å². The van der Waals surface area contributed by atoms with Crippen molar-refractivity contribution in [1.82, 2.24) is 4.31 Å². The number of sulfonamides is 1. The molecule has 6 nitrogen and oxygen atoms in total. The van der Waals surface area contributed by atoms with Crippen LogP contribution >= 0.6 is 0 Å². The van der Waals surface area contributed by atoms with Crippen LogP contribution in [0.2, 0.25) is 0 Å². The fourth-order valence-electron chi connectivity index (χ4n) is 2.23. The van der Waals surface area contributed by atoms with E-state index in [2.05, 4.69) is 0 Å². The third kappa shape index (κ3) is 4.55. The predicted molar refractivity (Wildman–Crippen MR) is 68.4 cm³/mol. The zero-order valence-corrected chi connectivity index (χ0v) is 11.8. The minimum Gasteiger partial charge on any atom is -0.465 e. The zero-order valence-electron chi connectivity index (χ0n) is 11.0. The number of ether oxygens (including phenoxy) is 1. The Balaban J connectivity index is 2.50. The summed E-state index contributed by atoms with van der Waals surface area (Å²) in [6.45, 7) is 3.05. The van der Waals surface area contributed by atoms with E-state index in [0.717, 1.165) is 12.8 Å². The van der Waals surface area contributed by atoms with Crippen LogP contribution in [-0.2, 0) is 19.6 Å². The SMILES string of the molecule is CCOC(=O)C(N)CC1CCCN(S(C)(=O)=O)C1. The number of rotatable bonds is 5. The number of nitrogens with two attached hydrogens (primary N) is 1. The standard InChI is InChI=1S/C11H22N2O4S/c1-3-17-11(14)10(12)7-9-5-4-6-13(8-9)18(2,15)16/h9-10H,3-8,12H2,1-2H3. The lowest BCUT2D eigenvalue weighted by atomic mass is 9.93. The molecular formula is C11H22N2O4S. The van der Waals surface area contributed by atoms with Crippen LogP contribution in [0.3, 0.4) is 0 Å². The first-order valence-electron chi connectivity index (χ1n) is 6.22. The number of hydrogen-bond acceptors (Lipinski definition) is 5. The summed E-state index contributed by atoms with van der Waals surface area (Å²) in [7, 11) is -3.15. The molecule has 2 N–H and O–H groups in total. The summed E-state index contributed by atoms with van der Waals surface area (Å²) < 4.78 is 29.2. The minimum atomic E-state index is -3.15. The van der Waals surface area contributed by atoms with Crippen LogP contribution in [0.25, 0.3) is 0 Å². The van der Waals surface area contributed by atoms with Gasteiger partial charge in [0, 0.05) is 13.1 Å². The highest BCUT2D eigenvalue weighted by Gasteiger charge is 2.28. The van der Waals surface area contributed by atoms with Gasteiger partial charge in [0.2, 0.25) is 10.0 Å². The lowest BCUT2D eigenvalue weighted by Crippen LogP contribution is -2.42. The van der Waals surface area contributed by atoms with Crippen LogP contribution in [0.15, 0.2) is 0 Å². The molecular weight excluding hydrogens is 256 g/mol. The van der Waals surface area contributed by atoms with Crippen LogP contribution in [0.1, 0.15) is 26.2 Å². The van der Waals surface area contributed by atoms with Crippen LogP contribution in [0.5, 0.6) is 0 Å². The van der Waals surface area contributed by atoms with E-state index < -0.39 is 22.0 Å². The second-order valence-electron chi connectivity index (χ2n) is 4.72. The van der Waals surface area contributed by atoms with E-state index in [-0.39, 0.29) is 5.92 Å². The Morgan fingerprint density at radius 3 is 2.78 bits per heavy atom. The third-order valence-corrected chi connectivity index (χ3v) is 4.40. The van der Waals surface area contributed by atoms with Gasteiger partial charge in [0.25, 0.3) is 0 Å². The molecule has 0 aliphatic carbocycles. The molecule has 1 aliphatic heterocycles. The molecule has 7 heteroatoms. The Hall–Kier alpha value is -0.660. The van der Waals surface area contributed by atoms with Gasteiger partial charge in [0.05, 0.1) is 12.9 Å².